The van der Waals surface area contributed by atoms with Crippen molar-refractivity contribution in [3.8, 4) is 0 Å². The van der Waals surface area contributed by atoms with Crippen LogP contribution in [-0.2, 0) is 7.05 Å². The number of aryl methyl sites for hydroxylation is 1. The lowest BCUT2D eigenvalue weighted by atomic mass is 10.0. The van der Waals surface area contributed by atoms with Crippen molar-refractivity contribution in [2.45, 2.75) is 0 Å². The highest BCUT2D eigenvalue weighted by Gasteiger charge is 2.41. The predicted octanol–water partition coefficient (Wildman–Crippen LogP) is 2.33. The van der Waals surface area contributed by atoms with Crippen LogP contribution in [0.1, 0.15) is 0 Å². The minimum Gasteiger partial charge on any atom is -0.465 e. The molecule has 1 amide bonds. The minimum absolute atomic E-state index is 0.126. The average Bonchev–Trinajstić information content (AvgIpc) is 3.19. The third kappa shape index (κ3) is 3.51. The highest BCUT2D eigenvalue weighted by molar-refractivity contribution is 9.10. The number of hydrogen-bond acceptors (Lipinski definition) is 5. The molecule has 8 nitrogen and oxygen atoms in total. The molecule has 0 aliphatic carbocycles. The number of rotatable bonds is 3. The Labute approximate surface area is 164 Å². The highest BCUT2D eigenvalue weighted by atomic mass is 79.9. The number of carbonyl (C=O) groups is 1. The Kier molecular flexibility index (Phi) is 4.55. The number of fused-ring (bicyclic) bond motifs is 1. The average molecular weight is 434 g/mol. The van der Waals surface area contributed by atoms with Crippen molar-refractivity contribution >= 4 is 39.2 Å². The zero-order valence-corrected chi connectivity index (χ0v) is 16.4. The summed E-state index contributed by atoms with van der Waals surface area (Å²) < 4.78 is 2.31. The normalized spacial score (nSPS) is 21.4. The second-order valence-electron chi connectivity index (χ2n) is 7.13. The lowest BCUT2D eigenvalue weighted by Gasteiger charge is -2.21. The van der Waals surface area contributed by atoms with Gasteiger partial charge >= 0.3 is 6.09 Å². The molecule has 0 saturated carbocycles. The number of carboxylic acid groups (broad SMARTS) is 1. The van der Waals surface area contributed by atoms with Crippen LogP contribution in [0.15, 0.2) is 39.9 Å². The Morgan fingerprint density at radius 3 is 2.56 bits per heavy atom. The number of aromatic nitrogens is 2. The van der Waals surface area contributed by atoms with Gasteiger partial charge in [0.15, 0.2) is 0 Å². The number of halogens is 1. The Morgan fingerprint density at radius 2 is 1.96 bits per heavy atom. The maximum absolute atomic E-state index is 12.2. The van der Waals surface area contributed by atoms with Crippen molar-refractivity contribution in [1.82, 2.24) is 14.5 Å². The molecule has 2 atom stereocenters. The van der Waals surface area contributed by atoms with Crippen molar-refractivity contribution in [3.05, 3.63) is 45.4 Å². The van der Waals surface area contributed by atoms with Gasteiger partial charge in [-0.05, 0) is 34.1 Å². The van der Waals surface area contributed by atoms with Crippen molar-refractivity contribution in [2.24, 2.45) is 18.9 Å². The van der Waals surface area contributed by atoms with Crippen LogP contribution < -0.4 is 15.8 Å². The molecule has 0 aromatic carbocycles. The van der Waals surface area contributed by atoms with Crippen molar-refractivity contribution in [1.29, 1.82) is 0 Å². The summed E-state index contributed by atoms with van der Waals surface area (Å²) >= 11 is 3.39. The molecule has 2 N–H and O–H groups in total. The number of likely N-dealkylation sites (tertiary alicyclic amines) is 1. The fourth-order valence-corrected chi connectivity index (χ4v) is 4.44. The van der Waals surface area contributed by atoms with Gasteiger partial charge in [-0.2, -0.15) is 0 Å². The van der Waals surface area contributed by atoms with Gasteiger partial charge in [0.1, 0.15) is 11.5 Å². The van der Waals surface area contributed by atoms with Crippen LogP contribution in [0.4, 0.5) is 22.0 Å². The maximum Gasteiger partial charge on any atom is 0.407 e. The number of anilines is 3. The van der Waals surface area contributed by atoms with Crippen LogP contribution in [0, 0.1) is 11.8 Å². The van der Waals surface area contributed by atoms with Crippen molar-refractivity contribution in [3.63, 3.8) is 0 Å². The van der Waals surface area contributed by atoms with Crippen molar-refractivity contribution < 1.29 is 9.90 Å². The number of pyridine rings is 2. The molecule has 2 aliphatic rings. The summed E-state index contributed by atoms with van der Waals surface area (Å²) in [5.41, 5.74) is 1.34. The molecule has 2 unspecified atom stereocenters. The van der Waals surface area contributed by atoms with E-state index in [0.29, 0.717) is 36.4 Å². The fraction of sp³-hybridized carbons (Fsp3) is 0.389. The van der Waals surface area contributed by atoms with Gasteiger partial charge in [-0.15, -0.1) is 0 Å². The van der Waals surface area contributed by atoms with Crippen LogP contribution in [-0.4, -0.2) is 51.8 Å². The highest BCUT2D eigenvalue weighted by Crippen LogP contribution is 2.34. The smallest absolute Gasteiger partial charge is 0.407 e. The molecule has 2 aromatic rings. The molecule has 0 radical (unpaired) electrons. The van der Waals surface area contributed by atoms with E-state index >= 15 is 0 Å². The molecule has 142 valence electrons. The van der Waals surface area contributed by atoms with Gasteiger partial charge in [-0.3, -0.25) is 4.79 Å². The maximum atomic E-state index is 12.2. The zero-order valence-electron chi connectivity index (χ0n) is 14.8. The van der Waals surface area contributed by atoms with E-state index in [9.17, 15) is 9.59 Å². The second-order valence-corrected chi connectivity index (χ2v) is 8.04. The van der Waals surface area contributed by atoms with Gasteiger partial charge in [0.2, 0.25) is 0 Å². The van der Waals surface area contributed by atoms with E-state index in [1.165, 1.54) is 9.47 Å². The first-order valence-electron chi connectivity index (χ1n) is 8.73. The van der Waals surface area contributed by atoms with Gasteiger partial charge in [0, 0.05) is 55.7 Å². The molecule has 2 saturated heterocycles. The van der Waals surface area contributed by atoms with Crippen LogP contribution in [0.2, 0.25) is 0 Å². The van der Waals surface area contributed by atoms with Gasteiger partial charge < -0.3 is 24.8 Å². The van der Waals surface area contributed by atoms with E-state index in [4.69, 9.17) is 5.11 Å². The molecular formula is C18H20BrN5O3. The Bertz CT molecular complexity index is 916. The Hall–Kier alpha value is -2.55. The summed E-state index contributed by atoms with van der Waals surface area (Å²) in [6, 6.07) is 5.56. The molecule has 0 spiro atoms. The summed E-state index contributed by atoms with van der Waals surface area (Å²) in [4.78, 5) is 31.5. The summed E-state index contributed by atoms with van der Waals surface area (Å²) in [5, 5.41) is 12.2. The van der Waals surface area contributed by atoms with E-state index in [1.807, 2.05) is 12.1 Å². The lowest BCUT2D eigenvalue weighted by molar-refractivity contribution is 0.153. The van der Waals surface area contributed by atoms with E-state index < -0.39 is 6.09 Å². The van der Waals surface area contributed by atoms with Crippen LogP contribution >= 0.6 is 15.9 Å². The van der Waals surface area contributed by atoms with Gasteiger partial charge in [-0.25, -0.2) is 9.78 Å². The summed E-state index contributed by atoms with van der Waals surface area (Å²) in [5.74, 6) is 1.36. The molecule has 2 fully saturated rings. The monoisotopic (exact) mass is 433 g/mol. The molecule has 2 aliphatic heterocycles. The minimum atomic E-state index is -0.827. The second kappa shape index (κ2) is 6.88. The van der Waals surface area contributed by atoms with Crippen LogP contribution in [0.3, 0.4) is 0 Å². The fourth-order valence-electron chi connectivity index (χ4n) is 3.91. The standard InChI is InChI=1S/C18H20BrN5O3/c1-22-10-13(19)4-15(17(22)25)21-16-3-2-14(5-20-16)23-6-11-8-24(18(26)27)9-12(11)7-23/h2-5,10-12H,6-9H2,1H3,(H,20,21)(H,26,27). The lowest BCUT2D eigenvalue weighted by Crippen LogP contribution is -2.32. The number of hydrogen-bond donors (Lipinski definition) is 2. The van der Waals surface area contributed by atoms with E-state index in [2.05, 4.69) is 31.1 Å². The number of nitrogens with one attached hydrogen (secondary N) is 1. The van der Waals surface area contributed by atoms with Crippen LogP contribution in [0.5, 0.6) is 0 Å². The molecular weight excluding hydrogens is 414 g/mol. The van der Waals surface area contributed by atoms with Gasteiger partial charge in [0.25, 0.3) is 5.56 Å². The predicted molar refractivity (Wildman–Crippen MR) is 106 cm³/mol. The molecule has 2 aromatic heterocycles. The van der Waals surface area contributed by atoms with E-state index in [0.717, 1.165) is 23.2 Å². The molecule has 4 heterocycles. The quantitative estimate of drug-likeness (QED) is 0.771. The largest absolute Gasteiger partial charge is 0.465 e. The topological polar surface area (TPSA) is 90.7 Å². The number of nitrogens with zero attached hydrogens (tertiary/aromatic N) is 4. The summed E-state index contributed by atoms with van der Waals surface area (Å²) in [7, 11) is 1.70. The third-order valence-corrected chi connectivity index (χ3v) is 5.72. The molecule has 4 rings (SSSR count). The Morgan fingerprint density at radius 1 is 1.26 bits per heavy atom. The van der Waals surface area contributed by atoms with E-state index in [1.54, 1.807) is 25.5 Å². The molecule has 27 heavy (non-hydrogen) atoms. The van der Waals surface area contributed by atoms with Gasteiger partial charge in [0.05, 0.1) is 11.9 Å². The SMILES string of the molecule is Cn1cc(Br)cc(Nc2ccc(N3CC4CN(C(=O)O)CC4C3)cn2)c1=O. The summed E-state index contributed by atoms with van der Waals surface area (Å²) in [6.07, 6.45) is 2.67. The first-order valence-corrected chi connectivity index (χ1v) is 9.52. The van der Waals surface area contributed by atoms with Crippen molar-refractivity contribution in [2.75, 3.05) is 36.4 Å². The first kappa shape index (κ1) is 17.8. The van der Waals surface area contributed by atoms with Crippen LogP contribution in [0.25, 0.3) is 0 Å². The molecule has 9 heteroatoms. The third-order valence-electron chi connectivity index (χ3n) is 5.28. The Balaban J connectivity index is 1.44. The van der Waals surface area contributed by atoms with E-state index in [-0.39, 0.29) is 5.56 Å². The first-order chi connectivity index (χ1) is 12.9. The summed E-state index contributed by atoms with van der Waals surface area (Å²) in [6.45, 7) is 2.90. The number of amides is 1. The molecule has 0 bridgehead atoms. The zero-order chi connectivity index (χ0) is 19.1. The van der Waals surface area contributed by atoms with Gasteiger partial charge in [-0.1, -0.05) is 0 Å².